The number of carbonyl (C=O) groups is 2. The van der Waals surface area contributed by atoms with Gasteiger partial charge in [-0.25, -0.2) is 0 Å². The maximum Gasteiger partial charge on any atom is 0.243 e. The van der Waals surface area contributed by atoms with E-state index in [1.165, 1.54) is 0 Å². The van der Waals surface area contributed by atoms with Crippen molar-refractivity contribution in [1.82, 2.24) is 5.32 Å². The van der Waals surface area contributed by atoms with Crippen molar-refractivity contribution in [3.05, 3.63) is 28.3 Å². The fourth-order valence-electron chi connectivity index (χ4n) is 2.53. The molecule has 22 heavy (non-hydrogen) atoms. The van der Waals surface area contributed by atoms with E-state index in [1.807, 2.05) is 19.9 Å². The van der Waals surface area contributed by atoms with Crippen LogP contribution in [0.1, 0.15) is 24.0 Å². The molecule has 120 valence electrons. The van der Waals surface area contributed by atoms with Gasteiger partial charge in [-0.3, -0.25) is 9.59 Å². The summed E-state index contributed by atoms with van der Waals surface area (Å²) in [6.45, 7) is 4.97. The molecule has 1 aliphatic rings. The van der Waals surface area contributed by atoms with Crippen LogP contribution >= 0.6 is 11.6 Å². The van der Waals surface area contributed by atoms with Crippen LogP contribution in [-0.4, -0.2) is 31.6 Å². The number of hydrogen-bond acceptors (Lipinski definition) is 3. The Hall–Kier alpha value is -1.59. The minimum absolute atomic E-state index is 0.0557. The molecule has 1 saturated heterocycles. The first kappa shape index (κ1) is 16.8. The van der Waals surface area contributed by atoms with Gasteiger partial charge in [0.15, 0.2) is 0 Å². The summed E-state index contributed by atoms with van der Waals surface area (Å²) in [5.41, 5.74) is 2.53. The average Bonchev–Trinajstić information content (AvgIpc) is 2.49. The maximum atomic E-state index is 12.0. The fourth-order valence-corrected chi connectivity index (χ4v) is 2.90. The van der Waals surface area contributed by atoms with Gasteiger partial charge in [0.2, 0.25) is 11.8 Å². The van der Waals surface area contributed by atoms with Crippen molar-refractivity contribution < 1.29 is 14.3 Å². The number of nitrogens with one attached hydrogen (secondary N) is 2. The second kappa shape index (κ2) is 7.61. The van der Waals surface area contributed by atoms with Crippen molar-refractivity contribution in [2.24, 2.45) is 5.92 Å². The Balaban J connectivity index is 1.87. The Labute approximate surface area is 135 Å². The van der Waals surface area contributed by atoms with E-state index in [1.54, 1.807) is 6.07 Å². The molecule has 1 aromatic carbocycles. The van der Waals surface area contributed by atoms with Crippen LogP contribution in [0, 0.1) is 19.8 Å². The summed E-state index contributed by atoms with van der Waals surface area (Å²) in [7, 11) is 0. The number of aryl methyl sites for hydroxylation is 2. The highest BCUT2D eigenvalue weighted by Crippen LogP contribution is 2.27. The molecule has 2 amide bonds. The lowest BCUT2D eigenvalue weighted by molar-refractivity contribution is -0.129. The van der Waals surface area contributed by atoms with Gasteiger partial charge in [0.1, 0.15) is 0 Å². The molecule has 0 bridgehead atoms. The summed E-state index contributed by atoms with van der Waals surface area (Å²) in [5.74, 6) is -0.439. The average molecular weight is 325 g/mol. The minimum Gasteiger partial charge on any atom is -0.381 e. The Bertz CT molecular complexity index is 546. The molecule has 0 aliphatic carbocycles. The van der Waals surface area contributed by atoms with Gasteiger partial charge < -0.3 is 15.4 Å². The first-order chi connectivity index (χ1) is 10.5. The number of carbonyl (C=O) groups excluding carboxylic acids is 2. The highest BCUT2D eigenvalue weighted by atomic mass is 35.5. The van der Waals surface area contributed by atoms with E-state index < -0.39 is 0 Å². The lowest BCUT2D eigenvalue weighted by atomic mass is 9.99. The smallest absolute Gasteiger partial charge is 0.243 e. The van der Waals surface area contributed by atoms with Crippen LogP contribution in [0.2, 0.25) is 5.02 Å². The number of anilines is 1. The molecule has 1 aliphatic heterocycles. The third kappa shape index (κ3) is 4.45. The predicted molar refractivity (Wildman–Crippen MR) is 86.1 cm³/mol. The topological polar surface area (TPSA) is 67.4 Å². The van der Waals surface area contributed by atoms with Gasteiger partial charge in [-0.2, -0.15) is 0 Å². The zero-order valence-corrected chi connectivity index (χ0v) is 13.6. The van der Waals surface area contributed by atoms with E-state index in [0.29, 0.717) is 36.8 Å². The Morgan fingerprint density at radius 2 is 1.95 bits per heavy atom. The molecule has 5 nitrogen and oxygen atoms in total. The summed E-state index contributed by atoms with van der Waals surface area (Å²) in [6, 6.07) is 3.74. The van der Waals surface area contributed by atoms with Gasteiger partial charge in [0.25, 0.3) is 0 Å². The monoisotopic (exact) mass is 324 g/mol. The SMILES string of the molecule is Cc1cc(C)c(NC(=O)CNC(=O)C2CCOCC2)c(Cl)c1. The standard InChI is InChI=1S/C16H21ClN2O3/c1-10-7-11(2)15(13(17)8-10)19-14(20)9-18-16(21)12-3-5-22-6-4-12/h7-8,12H,3-6,9H2,1-2H3,(H,18,21)(H,19,20). The Morgan fingerprint density at radius 3 is 2.59 bits per heavy atom. The molecule has 0 radical (unpaired) electrons. The summed E-state index contributed by atoms with van der Waals surface area (Å²) in [5, 5.41) is 5.93. The van der Waals surface area contributed by atoms with Gasteiger partial charge in [-0.1, -0.05) is 17.7 Å². The second-order valence-corrected chi connectivity index (χ2v) is 6.00. The number of halogens is 1. The first-order valence-electron chi connectivity index (χ1n) is 7.39. The van der Waals surface area contributed by atoms with Crippen LogP contribution in [0.15, 0.2) is 12.1 Å². The predicted octanol–water partition coefficient (Wildman–Crippen LogP) is 2.44. The lowest BCUT2D eigenvalue weighted by Crippen LogP contribution is -2.38. The molecule has 0 saturated carbocycles. The molecule has 1 fully saturated rings. The molecule has 0 aromatic heterocycles. The molecule has 2 N–H and O–H groups in total. The Morgan fingerprint density at radius 1 is 1.27 bits per heavy atom. The molecule has 0 spiro atoms. The highest BCUT2D eigenvalue weighted by Gasteiger charge is 2.21. The fraction of sp³-hybridized carbons (Fsp3) is 0.500. The maximum absolute atomic E-state index is 12.0. The van der Waals surface area contributed by atoms with Crippen LogP contribution < -0.4 is 10.6 Å². The molecular weight excluding hydrogens is 304 g/mol. The Kier molecular flexibility index (Phi) is 5.80. The third-order valence-electron chi connectivity index (χ3n) is 3.71. The molecular formula is C16H21ClN2O3. The van der Waals surface area contributed by atoms with Crippen molar-refractivity contribution in [2.75, 3.05) is 25.1 Å². The number of hydrogen-bond donors (Lipinski definition) is 2. The van der Waals surface area contributed by atoms with E-state index in [4.69, 9.17) is 16.3 Å². The van der Waals surface area contributed by atoms with Crippen LogP contribution in [0.3, 0.4) is 0 Å². The van der Waals surface area contributed by atoms with E-state index >= 15 is 0 Å². The van der Waals surface area contributed by atoms with Crippen molar-refractivity contribution in [1.29, 1.82) is 0 Å². The third-order valence-corrected chi connectivity index (χ3v) is 4.01. The van der Waals surface area contributed by atoms with E-state index in [9.17, 15) is 9.59 Å². The van der Waals surface area contributed by atoms with Crippen LogP contribution in [-0.2, 0) is 14.3 Å². The zero-order valence-electron chi connectivity index (χ0n) is 12.9. The lowest BCUT2D eigenvalue weighted by Gasteiger charge is -2.21. The van der Waals surface area contributed by atoms with Gasteiger partial charge >= 0.3 is 0 Å². The quantitative estimate of drug-likeness (QED) is 0.894. The first-order valence-corrected chi connectivity index (χ1v) is 7.77. The summed E-state index contributed by atoms with van der Waals surface area (Å²) >= 11 is 6.15. The minimum atomic E-state index is -0.283. The molecule has 1 aromatic rings. The van der Waals surface area contributed by atoms with Crippen molar-refractivity contribution in [3.63, 3.8) is 0 Å². The number of benzene rings is 1. The molecule has 0 unspecified atom stereocenters. The van der Waals surface area contributed by atoms with Gasteiger partial charge in [0.05, 0.1) is 17.3 Å². The summed E-state index contributed by atoms with van der Waals surface area (Å²) in [4.78, 5) is 23.9. The van der Waals surface area contributed by atoms with Gasteiger partial charge in [-0.05, 0) is 43.9 Å². The number of amides is 2. The van der Waals surface area contributed by atoms with Crippen LogP contribution in [0.5, 0.6) is 0 Å². The van der Waals surface area contributed by atoms with E-state index in [0.717, 1.165) is 11.1 Å². The van der Waals surface area contributed by atoms with Crippen LogP contribution in [0.25, 0.3) is 0 Å². The second-order valence-electron chi connectivity index (χ2n) is 5.59. The normalized spacial score (nSPS) is 15.4. The van der Waals surface area contributed by atoms with Crippen molar-refractivity contribution in [3.8, 4) is 0 Å². The summed E-state index contributed by atoms with van der Waals surface area (Å²) in [6.07, 6.45) is 1.41. The molecule has 2 rings (SSSR count). The van der Waals surface area contributed by atoms with Crippen molar-refractivity contribution in [2.45, 2.75) is 26.7 Å². The van der Waals surface area contributed by atoms with Crippen LogP contribution in [0.4, 0.5) is 5.69 Å². The number of rotatable bonds is 4. The number of ether oxygens (including phenoxy) is 1. The molecule has 1 heterocycles. The largest absolute Gasteiger partial charge is 0.381 e. The van der Waals surface area contributed by atoms with E-state index in [-0.39, 0.29) is 24.3 Å². The highest BCUT2D eigenvalue weighted by molar-refractivity contribution is 6.34. The molecule has 6 heteroatoms. The van der Waals surface area contributed by atoms with Gasteiger partial charge in [0, 0.05) is 19.1 Å². The van der Waals surface area contributed by atoms with Gasteiger partial charge in [-0.15, -0.1) is 0 Å². The van der Waals surface area contributed by atoms with E-state index in [2.05, 4.69) is 10.6 Å². The zero-order chi connectivity index (χ0) is 16.1. The molecule has 0 atom stereocenters. The summed E-state index contributed by atoms with van der Waals surface area (Å²) < 4.78 is 5.22. The van der Waals surface area contributed by atoms with Crippen molar-refractivity contribution >= 4 is 29.1 Å².